The molecule has 0 aliphatic rings. The van der Waals surface area contributed by atoms with E-state index in [1.807, 2.05) is 0 Å². The normalized spacial score (nSPS) is 12.1. The largest absolute Gasteiger partial charge is 1.00 e. The van der Waals surface area contributed by atoms with Gasteiger partial charge in [0.2, 0.25) is 0 Å². The number of rotatable bonds is 6. The second kappa shape index (κ2) is 14.5. The maximum absolute atomic E-state index is 12.8. The summed E-state index contributed by atoms with van der Waals surface area (Å²) >= 11 is 0. The first-order chi connectivity index (χ1) is 18.0. The number of aryl methyl sites for hydroxylation is 1. The molecule has 0 heterocycles. The Kier molecular flexibility index (Phi) is 13.5. The standard InChI is InChI=1S/C24H20N2O10S3.3Na/c1-13-8-9-14(11-18(13)26-24(27)15-4-2-5-16(25)10-15)22-21(39(34,35)36)12-20(38(31,32)33)17-6-3-7-19(23(17)22)37(28,29)30;;;/h2-12H,25H2,1H3,(H,26,27)(H,28,29,30)(H,31,32,33)(H,34,35,36);;;/q;3*+1/p-3. The smallest absolute Gasteiger partial charge is 0.858 e. The van der Waals surface area contributed by atoms with Gasteiger partial charge in [-0.1, -0.05) is 36.4 Å². The van der Waals surface area contributed by atoms with Crippen LogP contribution in [0.25, 0.3) is 21.9 Å². The number of nitrogen functional groups attached to an aromatic ring is 1. The van der Waals surface area contributed by atoms with Gasteiger partial charge in [0.05, 0.1) is 15.5 Å². The van der Waals surface area contributed by atoms with Crippen LogP contribution in [0.5, 0.6) is 0 Å². The zero-order valence-electron chi connectivity index (χ0n) is 22.7. The molecule has 0 amide bonds. The van der Waals surface area contributed by atoms with E-state index in [9.17, 15) is 44.0 Å². The Hall–Kier alpha value is -0.860. The summed E-state index contributed by atoms with van der Waals surface area (Å²) in [6, 6.07) is 13.0. The molecule has 204 valence electrons. The van der Waals surface area contributed by atoms with Gasteiger partial charge in [0.15, 0.2) is 0 Å². The predicted octanol–water partition coefficient (Wildman–Crippen LogP) is -7.10. The second-order valence-corrected chi connectivity index (χ2v) is 12.4. The Balaban J connectivity index is 0.00000294. The van der Waals surface area contributed by atoms with Crippen molar-refractivity contribution in [2.24, 2.45) is 4.99 Å². The van der Waals surface area contributed by atoms with E-state index in [0.717, 1.165) is 18.2 Å². The topological polar surface area (TPSA) is 230 Å². The molecule has 0 atom stereocenters. The van der Waals surface area contributed by atoms with Gasteiger partial charge in [-0.2, -0.15) is 8.42 Å². The first-order valence-electron chi connectivity index (χ1n) is 10.7. The van der Waals surface area contributed by atoms with Crippen molar-refractivity contribution in [3.63, 3.8) is 0 Å². The van der Waals surface area contributed by atoms with Gasteiger partial charge in [-0.3, -0.25) is 9.55 Å². The van der Waals surface area contributed by atoms with Crippen LogP contribution in [0.4, 0.5) is 11.4 Å². The SMILES string of the molecule is Cc1ccc(-c2c(S(=O)(=O)O)cc(S(=O)(=O)[O-])c3cccc(S(=O)(=O)[O-])c23)cc1N=C([O-])c1cccc(N)c1.[Na+].[Na+].[Na+]. The van der Waals surface area contributed by atoms with Gasteiger partial charge in [-0.05, 0) is 59.8 Å². The van der Waals surface area contributed by atoms with E-state index >= 15 is 0 Å². The second-order valence-electron chi connectivity index (χ2n) is 8.35. The molecule has 0 saturated heterocycles. The summed E-state index contributed by atoms with van der Waals surface area (Å²) in [6.45, 7) is 1.57. The van der Waals surface area contributed by atoms with Crippen molar-refractivity contribution in [3.8, 4) is 11.1 Å². The number of fused-ring (bicyclic) bond motifs is 1. The maximum atomic E-state index is 12.8. The van der Waals surface area contributed by atoms with E-state index in [-0.39, 0.29) is 105 Å². The third-order valence-electron chi connectivity index (χ3n) is 5.72. The fraction of sp³-hybridized carbons (Fsp3) is 0.0417. The molecule has 12 nitrogen and oxygen atoms in total. The number of anilines is 1. The van der Waals surface area contributed by atoms with E-state index in [0.29, 0.717) is 17.3 Å². The minimum Gasteiger partial charge on any atom is -0.858 e. The van der Waals surface area contributed by atoms with Crippen molar-refractivity contribution in [3.05, 3.63) is 77.9 Å². The van der Waals surface area contributed by atoms with Crippen LogP contribution < -0.4 is 99.5 Å². The third-order valence-corrected chi connectivity index (χ3v) is 8.35. The van der Waals surface area contributed by atoms with Gasteiger partial charge in [-0.25, -0.2) is 16.8 Å². The van der Waals surface area contributed by atoms with E-state index in [1.165, 1.54) is 36.4 Å². The Morgan fingerprint density at radius 2 is 1.38 bits per heavy atom. The van der Waals surface area contributed by atoms with Gasteiger partial charge in [0.25, 0.3) is 10.1 Å². The molecule has 0 radical (unpaired) electrons. The molecule has 4 rings (SSSR count). The van der Waals surface area contributed by atoms with Crippen LogP contribution in [0.1, 0.15) is 11.1 Å². The minimum absolute atomic E-state index is 0. The zero-order valence-corrected chi connectivity index (χ0v) is 31.2. The van der Waals surface area contributed by atoms with Crippen LogP contribution in [-0.4, -0.2) is 44.8 Å². The van der Waals surface area contributed by atoms with Gasteiger partial charge in [0.1, 0.15) is 25.1 Å². The Morgan fingerprint density at radius 1 is 0.786 bits per heavy atom. The third kappa shape index (κ3) is 8.44. The van der Waals surface area contributed by atoms with Crippen LogP contribution in [0.2, 0.25) is 0 Å². The van der Waals surface area contributed by atoms with E-state index < -0.39 is 67.3 Å². The van der Waals surface area contributed by atoms with Crippen molar-refractivity contribution in [2.75, 3.05) is 5.73 Å². The number of aliphatic imine (C=N–C) groups is 1. The maximum Gasteiger partial charge on any atom is 1.00 e. The summed E-state index contributed by atoms with van der Waals surface area (Å²) in [5, 5.41) is 11.5. The van der Waals surface area contributed by atoms with Crippen LogP contribution in [0.15, 0.2) is 86.4 Å². The first kappa shape index (κ1) is 39.2. The Bertz CT molecular complexity index is 2030. The van der Waals surface area contributed by atoms with Crippen molar-refractivity contribution in [2.45, 2.75) is 21.6 Å². The fourth-order valence-corrected chi connectivity index (χ4v) is 6.25. The summed E-state index contributed by atoms with van der Waals surface area (Å²) < 4.78 is 107. The molecule has 4 aromatic rings. The van der Waals surface area contributed by atoms with Crippen molar-refractivity contribution in [1.82, 2.24) is 0 Å². The summed E-state index contributed by atoms with van der Waals surface area (Å²) in [5.74, 6) is -0.724. The van der Waals surface area contributed by atoms with E-state index in [1.54, 1.807) is 13.0 Å². The number of nitrogens with zero attached hydrogens (tertiary/aromatic N) is 1. The minimum atomic E-state index is -5.43. The monoisotopic (exact) mass is 658 g/mol. The number of benzene rings is 4. The van der Waals surface area contributed by atoms with Crippen LogP contribution in [0.3, 0.4) is 0 Å². The molecule has 0 unspecified atom stereocenters. The molecule has 0 bridgehead atoms. The van der Waals surface area contributed by atoms with E-state index in [4.69, 9.17) is 5.73 Å². The summed E-state index contributed by atoms with van der Waals surface area (Å²) in [6.07, 6.45) is 0. The molecule has 0 aliphatic heterocycles. The van der Waals surface area contributed by atoms with Crippen molar-refractivity contribution < 1.29 is 133 Å². The van der Waals surface area contributed by atoms with Crippen molar-refractivity contribution >= 4 is 58.4 Å². The van der Waals surface area contributed by atoms with Gasteiger partial charge < -0.3 is 19.9 Å². The average molecular weight is 659 g/mol. The Morgan fingerprint density at radius 3 is 1.93 bits per heavy atom. The van der Waals surface area contributed by atoms with Gasteiger partial charge >= 0.3 is 88.7 Å². The molecular weight excluding hydrogens is 641 g/mol. The predicted molar refractivity (Wildman–Crippen MR) is 137 cm³/mol. The van der Waals surface area contributed by atoms with E-state index in [2.05, 4.69) is 4.99 Å². The Labute approximate surface area is 308 Å². The number of hydrogen-bond acceptors (Lipinski definition) is 11. The molecule has 0 saturated carbocycles. The molecule has 0 spiro atoms. The quantitative estimate of drug-likeness (QED) is 0.0650. The molecule has 0 aliphatic carbocycles. The summed E-state index contributed by atoms with van der Waals surface area (Å²) in [7, 11) is -16.1. The molecule has 4 aromatic carbocycles. The van der Waals surface area contributed by atoms with Crippen molar-refractivity contribution in [1.29, 1.82) is 0 Å². The molecule has 3 N–H and O–H groups in total. The van der Waals surface area contributed by atoms with Gasteiger partial charge in [0, 0.05) is 22.0 Å². The number of hydrogen-bond donors (Lipinski definition) is 2. The number of nitrogens with two attached hydrogens (primary N) is 1. The average Bonchev–Trinajstić information content (AvgIpc) is 2.82. The van der Waals surface area contributed by atoms with Crippen LogP contribution in [-0.2, 0) is 30.4 Å². The molecular formula is C24H17N2Na3O10S3. The van der Waals surface area contributed by atoms with Crippen LogP contribution in [0, 0.1) is 6.92 Å². The summed E-state index contributed by atoms with van der Waals surface area (Å²) in [5.41, 5.74) is 5.80. The zero-order chi connectivity index (χ0) is 28.9. The summed E-state index contributed by atoms with van der Waals surface area (Å²) in [4.78, 5) is 0.654. The van der Waals surface area contributed by atoms with Gasteiger partial charge in [-0.15, -0.1) is 0 Å². The molecule has 18 heteroatoms. The molecule has 0 fully saturated rings. The molecule has 0 aromatic heterocycles. The first-order valence-corrected chi connectivity index (χ1v) is 15.0. The fourth-order valence-electron chi connectivity index (χ4n) is 4.02. The molecule has 42 heavy (non-hydrogen) atoms. The van der Waals surface area contributed by atoms with Crippen LogP contribution >= 0.6 is 0 Å².